The van der Waals surface area contributed by atoms with E-state index >= 15 is 0 Å². The molecule has 0 fully saturated rings. The summed E-state index contributed by atoms with van der Waals surface area (Å²) in [4.78, 5) is 0. The standard InChI is InChI=1S/C7H7.2C2H5O.Ti/c1-7-5-3-2-4-6-7;2*1-2-3;/h2-6H,1H2;2*2H2,1H3;/q;2*-1;+2. The molecule has 0 aliphatic heterocycles. The van der Waals surface area contributed by atoms with Gasteiger partial charge in [-0.1, -0.05) is 0 Å². The molecular weight excluding hydrogens is 212 g/mol. The first kappa shape index (κ1) is 11.9. The van der Waals surface area contributed by atoms with E-state index in [2.05, 4.69) is 24.3 Å². The minimum atomic E-state index is -1.73. The molecule has 0 aromatic heterocycles. The zero-order valence-corrected chi connectivity index (χ0v) is 10.4. The van der Waals surface area contributed by atoms with Gasteiger partial charge in [0.25, 0.3) is 0 Å². The molecule has 1 aromatic carbocycles. The Morgan fingerprint density at radius 1 is 1.00 bits per heavy atom. The number of hydrogen-bond donors (Lipinski definition) is 0. The van der Waals surface area contributed by atoms with Crippen LogP contribution in [0, 0.1) is 0 Å². The molecule has 0 saturated carbocycles. The molecule has 0 bridgehead atoms. The monoisotopic (exact) mass is 229 g/mol. The molecule has 0 unspecified atom stereocenters. The molecule has 0 saturated heterocycles. The van der Waals surface area contributed by atoms with E-state index in [4.69, 9.17) is 6.64 Å². The van der Waals surface area contributed by atoms with E-state index in [-0.39, 0.29) is 0 Å². The summed E-state index contributed by atoms with van der Waals surface area (Å²) in [5.41, 5.74) is 1.32. The Hall–Kier alpha value is -0.146. The summed E-state index contributed by atoms with van der Waals surface area (Å²) in [7, 11) is 0. The van der Waals surface area contributed by atoms with Crippen LogP contribution in [0.15, 0.2) is 30.3 Å². The van der Waals surface area contributed by atoms with Crippen LogP contribution in [-0.4, -0.2) is 13.2 Å². The van der Waals surface area contributed by atoms with Crippen LogP contribution < -0.4 is 0 Å². The van der Waals surface area contributed by atoms with Crippen LogP contribution in [0.3, 0.4) is 0 Å². The maximum atomic E-state index is 5.63. The van der Waals surface area contributed by atoms with Crippen LogP contribution in [0.5, 0.6) is 0 Å². The van der Waals surface area contributed by atoms with Crippen LogP contribution in [0.1, 0.15) is 19.4 Å². The summed E-state index contributed by atoms with van der Waals surface area (Å²) in [6, 6.07) is 10.4. The van der Waals surface area contributed by atoms with Crippen molar-refractivity contribution in [2.75, 3.05) is 13.2 Å². The van der Waals surface area contributed by atoms with Gasteiger partial charge >= 0.3 is 93.0 Å². The molecule has 1 aromatic rings. The average Bonchev–Trinajstić information content (AvgIpc) is 2.20. The second-order valence-electron chi connectivity index (χ2n) is 2.90. The van der Waals surface area contributed by atoms with Crippen LogP contribution in [0.25, 0.3) is 0 Å². The predicted octanol–water partition coefficient (Wildman–Crippen LogP) is 2.71. The first-order valence-electron chi connectivity index (χ1n) is 5.02. The maximum absolute atomic E-state index is 5.63. The molecule has 0 aliphatic carbocycles. The van der Waals surface area contributed by atoms with Crippen molar-refractivity contribution < 1.29 is 25.3 Å². The number of benzene rings is 1. The Labute approximate surface area is 93.0 Å². The zero-order valence-electron chi connectivity index (χ0n) is 8.82. The molecule has 77 valence electrons. The fraction of sp³-hybridized carbons (Fsp3) is 0.455. The van der Waals surface area contributed by atoms with Gasteiger partial charge in [0.2, 0.25) is 0 Å². The molecule has 0 spiro atoms. The van der Waals surface area contributed by atoms with Crippen LogP contribution >= 0.6 is 0 Å². The first-order valence-corrected chi connectivity index (χ1v) is 7.40. The first-order chi connectivity index (χ1) is 6.86. The van der Waals surface area contributed by atoms with Gasteiger partial charge in [-0.15, -0.1) is 0 Å². The van der Waals surface area contributed by atoms with Crippen molar-refractivity contribution in [1.29, 1.82) is 0 Å². The van der Waals surface area contributed by atoms with Gasteiger partial charge in [0.15, 0.2) is 0 Å². The topological polar surface area (TPSA) is 18.5 Å². The summed E-state index contributed by atoms with van der Waals surface area (Å²) < 4.78 is 12.3. The Balaban J connectivity index is 2.46. The minimum absolute atomic E-state index is 0.766. The van der Waals surface area contributed by atoms with Gasteiger partial charge in [-0.05, 0) is 0 Å². The van der Waals surface area contributed by atoms with Crippen molar-refractivity contribution in [2.24, 2.45) is 0 Å². The predicted molar refractivity (Wildman–Crippen MR) is 53.4 cm³/mol. The normalized spacial score (nSPS) is 10.1. The summed E-state index contributed by atoms with van der Waals surface area (Å²) >= 11 is -1.73. The van der Waals surface area contributed by atoms with Crippen molar-refractivity contribution >= 4 is 0 Å². The molecule has 2 nitrogen and oxygen atoms in total. The molecule has 0 atom stereocenters. The molecule has 1 rings (SSSR count). The fourth-order valence-corrected chi connectivity index (χ4v) is 3.57. The quantitative estimate of drug-likeness (QED) is 0.698. The zero-order chi connectivity index (χ0) is 10.2. The van der Waals surface area contributed by atoms with E-state index in [1.54, 1.807) is 0 Å². The summed E-state index contributed by atoms with van der Waals surface area (Å²) in [6.07, 6.45) is 0. The van der Waals surface area contributed by atoms with Gasteiger partial charge in [-0.2, -0.15) is 0 Å². The van der Waals surface area contributed by atoms with E-state index in [0.717, 1.165) is 17.9 Å². The second-order valence-corrected chi connectivity index (χ2v) is 5.52. The molecule has 0 aliphatic rings. The van der Waals surface area contributed by atoms with Crippen molar-refractivity contribution in [1.82, 2.24) is 0 Å². The molecule has 0 amide bonds. The van der Waals surface area contributed by atoms with Gasteiger partial charge in [0, 0.05) is 0 Å². The Bertz CT molecular complexity index is 232. The summed E-state index contributed by atoms with van der Waals surface area (Å²) in [5.74, 6) is 0. The average molecular weight is 229 g/mol. The Morgan fingerprint density at radius 3 is 2.07 bits per heavy atom. The molecular formula is C11H17O2Ti. The number of rotatable bonds is 6. The number of hydrogen-bond acceptors (Lipinski definition) is 2. The van der Waals surface area contributed by atoms with Gasteiger partial charge in [0.1, 0.15) is 0 Å². The third-order valence-corrected chi connectivity index (χ3v) is 4.80. The van der Waals surface area contributed by atoms with Crippen molar-refractivity contribution in [3.05, 3.63) is 35.9 Å². The third kappa shape index (κ3) is 4.38. The van der Waals surface area contributed by atoms with E-state index in [1.165, 1.54) is 5.56 Å². The third-order valence-electron chi connectivity index (χ3n) is 1.80. The Morgan fingerprint density at radius 2 is 1.57 bits per heavy atom. The summed E-state index contributed by atoms with van der Waals surface area (Å²) in [5, 5.41) is 0. The molecule has 0 N–H and O–H groups in total. The van der Waals surface area contributed by atoms with Gasteiger partial charge in [-0.3, -0.25) is 0 Å². The Kier molecular flexibility index (Phi) is 6.12. The molecule has 0 radical (unpaired) electrons. The molecule has 0 heterocycles. The van der Waals surface area contributed by atoms with Gasteiger partial charge in [0.05, 0.1) is 0 Å². The van der Waals surface area contributed by atoms with Crippen molar-refractivity contribution in [2.45, 2.75) is 18.6 Å². The second kappa shape index (κ2) is 7.19. The summed E-state index contributed by atoms with van der Waals surface area (Å²) in [6.45, 7) is 5.58. The van der Waals surface area contributed by atoms with Crippen LogP contribution in [-0.2, 0) is 30.0 Å². The molecule has 14 heavy (non-hydrogen) atoms. The van der Waals surface area contributed by atoms with Crippen molar-refractivity contribution in [3.63, 3.8) is 0 Å². The van der Waals surface area contributed by atoms with Crippen LogP contribution in [0.2, 0.25) is 0 Å². The van der Waals surface area contributed by atoms with Crippen molar-refractivity contribution in [3.8, 4) is 0 Å². The van der Waals surface area contributed by atoms with Crippen LogP contribution in [0.4, 0.5) is 0 Å². The fourth-order valence-electron chi connectivity index (χ4n) is 1.23. The van der Waals surface area contributed by atoms with E-state index in [9.17, 15) is 0 Å². The van der Waals surface area contributed by atoms with Gasteiger partial charge in [-0.25, -0.2) is 0 Å². The van der Waals surface area contributed by atoms with Gasteiger partial charge < -0.3 is 0 Å². The van der Waals surface area contributed by atoms with E-state index < -0.39 is 18.6 Å². The SMILES string of the molecule is CC[O][Ti]([CH2]c1ccccc1)[O]CC. The van der Waals surface area contributed by atoms with E-state index in [1.807, 2.05) is 19.9 Å². The van der Waals surface area contributed by atoms with E-state index in [0.29, 0.717) is 0 Å². The molecule has 3 heteroatoms.